The van der Waals surface area contributed by atoms with Gasteiger partial charge in [0.25, 0.3) is 11.8 Å². The van der Waals surface area contributed by atoms with E-state index in [0.29, 0.717) is 40.3 Å². The van der Waals surface area contributed by atoms with E-state index in [1.165, 1.54) is 12.0 Å². The zero-order valence-corrected chi connectivity index (χ0v) is 20.3. The van der Waals surface area contributed by atoms with E-state index in [0.717, 1.165) is 36.2 Å². The minimum absolute atomic E-state index is 0.307. The smallest absolute Gasteiger partial charge is 0.282 e. The molecule has 2 aliphatic heterocycles. The number of piperidine rings is 1. The monoisotopic (exact) mass is 448 g/mol. The van der Waals surface area contributed by atoms with E-state index in [1.807, 2.05) is 32.0 Å². The Morgan fingerprint density at radius 2 is 1.55 bits per heavy atom. The standard InChI is InChI=1S/C27H32N2O4/c1-16-11-17(2)15-28(14-16)25-24(20-8-7-18(3)19(4)12-20)26(30)29(27(25)31)22-10-9-21(32-5)13-23(22)33-6/h7-10,12-13,16-17H,11,14-15H2,1-6H3. The number of carbonyl (C=O) groups is 2. The van der Waals surface area contributed by atoms with Gasteiger partial charge in [-0.05, 0) is 60.9 Å². The molecule has 6 nitrogen and oxygen atoms in total. The van der Waals surface area contributed by atoms with E-state index in [2.05, 4.69) is 18.7 Å². The number of benzene rings is 2. The lowest BCUT2D eigenvalue weighted by molar-refractivity contribution is -0.120. The van der Waals surface area contributed by atoms with Crippen molar-refractivity contribution in [2.45, 2.75) is 34.1 Å². The van der Waals surface area contributed by atoms with Gasteiger partial charge in [-0.3, -0.25) is 9.59 Å². The van der Waals surface area contributed by atoms with Gasteiger partial charge in [0, 0.05) is 19.2 Å². The molecular weight excluding hydrogens is 416 g/mol. The molecule has 33 heavy (non-hydrogen) atoms. The second-order valence-electron chi connectivity index (χ2n) is 9.36. The molecule has 0 N–H and O–H groups in total. The fraction of sp³-hybridized carbons (Fsp3) is 0.407. The molecule has 2 amide bonds. The van der Waals surface area contributed by atoms with Crippen LogP contribution in [0.5, 0.6) is 11.5 Å². The van der Waals surface area contributed by atoms with E-state index < -0.39 is 0 Å². The molecule has 0 bridgehead atoms. The summed E-state index contributed by atoms with van der Waals surface area (Å²) < 4.78 is 10.8. The number of methoxy groups -OCH3 is 2. The highest BCUT2D eigenvalue weighted by molar-refractivity contribution is 6.45. The van der Waals surface area contributed by atoms with Gasteiger partial charge < -0.3 is 14.4 Å². The van der Waals surface area contributed by atoms with Crippen molar-refractivity contribution in [1.29, 1.82) is 0 Å². The lowest BCUT2D eigenvalue weighted by Gasteiger charge is -2.37. The first-order valence-corrected chi connectivity index (χ1v) is 11.4. The van der Waals surface area contributed by atoms with Crippen LogP contribution in [0.2, 0.25) is 0 Å². The van der Waals surface area contributed by atoms with Crippen molar-refractivity contribution < 1.29 is 19.1 Å². The third-order valence-electron chi connectivity index (χ3n) is 6.67. The fourth-order valence-corrected chi connectivity index (χ4v) is 5.00. The first-order valence-electron chi connectivity index (χ1n) is 11.4. The predicted octanol–water partition coefficient (Wildman–Crippen LogP) is 4.58. The van der Waals surface area contributed by atoms with E-state index in [1.54, 1.807) is 25.3 Å². The average Bonchev–Trinajstić information content (AvgIpc) is 3.04. The molecule has 4 rings (SSSR count). The average molecular weight is 449 g/mol. The molecule has 174 valence electrons. The number of nitrogens with zero attached hydrogens (tertiary/aromatic N) is 2. The van der Waals surface area contributed by atoms with Gasteiger partial charge in [0.05, 0.1) is 25.5 Å². The van der Waals surface area contributed by atoms with Crippen molar-refractivity contribution in [3.8, 4) is 11.5 Å². The summed E-state index contributed by atoms with van der Waals surface area (Å²) in [5.41, 5.74) is 4.36. The van der Waals surface area contributed by atoms with E-state index in [9.17, 15) is 9.59 Å². The number of likely N-dealkylation sites (tertiary alicyclic amines) is 1. The molecule has 0 saturated carbocycles. The normalized spacial score (nSPS) is 21.2. The van der Waals surface area contributed by atoms with Crippen molar-refractivity contribution >= 4 is 23.1 Å². The van der Waals surface area contributed by atoms with Crippen molar-refractivity contribution in [1.82, 2.24) is 4.90 Å². The van der Waals surface area contributed by atoms with E-state index in [4.69, 9.17) is 9.47 Å². The molecule has 2 unspecified atom stereocenters. The quantitative estimate of drug-likeness (QED) is 0.627. The number of amides is 2. The predicted molar refractivity (Wildman–Crippen MR) is 129 cm³/mol. The van der Waals surface area contributed by atoms with Gasteiger partial charge in [0.2, 0.25) is 0 Å². The molecule has 0 spiro atoms. The maximum Gasteiger partial charge on any atom is 0.282 e. The highest BCUT2D eigenvalue weighted by Gasteiger charge is 2.44. The van der Waals surface area contributed by atoms with Crippen molar-refractivity contribution in [2.24, 2.45) is 11.8 Å². The van der Waals surface area contributed by atoms with Crippen LogP contribution in [0.4, 0.5) is 5.69 Å². The third kappa shape index (κ3) is 4.10. The van der Waals surface area contributed by atoms with E-state index in [-0.39, 0.29) is 11.8 Å². The summed E-state index contributed by atoms with van der Waals surface area (Å²) in [5.74, 6) is 1.25. The number of aryl methyl sites for hydroxylation is 2. The lowest BCUT2D eigenvalue weighted by atomic mass is 9.90. The molecule has 2 aromatic rings. The zero-order chi connectivity index (χ0) is 23.9. The maximum absolute atomic E-state index is 13.9. The molecular formula is C27H32N2O4. The number of ether oxygens (including phenoxy) is 2. The van der Waals surface area contributed by atoms with Crippen LogP contribution in [0.15, 0.2) is 42.1 Å². The number of rotatable bonds is 5. The molecule has 2 aromatic carbocycles. The SMILES string of the molecule is COc1ccc(N2C(=O)C(c3ccc(C)c(C)c3)=C(N3CC(C)CC(C)C3)C2=O)c(OC)c1. The van der Waals surface area contributed by atoms with Crippen LogP contribution < -0.4 is 14.4 Å². The second-order valence-corrected chi connectivity index (χ2v) is 9.36. The van der Waals surface area contributed by atoms with Crippen LogP contribution >= 0.6 is 0 Å². The lowest BCUT2D eigenvalue weighted by Crippen LogP contribution is -2.42. The summed E-state index contributed by atoms with van der Waals surface area (Å²) in [6.07, 6.45) is 1.11. The van der Waals surface area contributed by atoms with Gasteiger partial charge in [0.1, 0.15) is 17.2 Å². The Kier molecular flexibility index (Phi) is 6.19. The molecule has 1 saturated heterocycles. The summed E-state index contributed by atoms with van der Waals surface area (Å²) in [6, 6.07) is 11.1. The minimum atomic E-state index is -0.326. The molecule has 6 heteroatoms. The van der Waals surface area contributed by atoms with Crippen LogP contribution in [-0.2, 0) is 9.59 Å². The van der Waals surface area contributed by atoms with Gasteiger partial charge >= 0.3 is 0 Å². The van der Waals surface area contributed by atoms with Crippen molar-refractivity contribution in [3.05, 3.63) is 58.8 Å². The number of imide groups is 1. The summed E-state index contributed by atoms with van der Waals surface area (Å²) in [5, 5.41) is 0. The molecule has 2 heterocycles. The summed E-state index contributed by atoms with van der Waals surface area (Å²) in [7, 11) is 3.09. The molecule has 0 aliphatic carbocycles. The summed E-state index contributed by atoms with van der Waals surface area (Å²) >= 11 is 0. The second kappa shape index (κ2) is 8.93. The summed E-state index contributed by atoms with van der Waals surface area (Å²) in [4.78, 5) is 31.2. The fourth-order valence-electron chi connectivity index (χ4n) is 5.00. The first kappa shape index (κ1) is 22.9. The Balaban J connectivity index is 1.87. The zero-order valence-electron chi connectivity index (χ0n) is 20.3. The van der Waals surface area contributed by atoms with Crippen LogP contribution in [0, 0.1) is 25.7 Å². The van der Waals surface area contributed by atoms with Gasteiger partial charge in [-0.15, -0.1) is 0 Å². The molecule has 0 aromatic heterocycles. The number of hydrogen-bond acceptors (Lipinski definition) is 5. The van der Waals surface area contributed by atoms with Crippen molar-refractivity contribution in [3.63, 3.8) is 0 Å². The van der Waals surface area contributed by atoms with E-state index >= 15 is 0 Å². The van der Waals surface area contributed by atoms with Crippen LogP contribution in [0.1, 0.15) is 37.0 Å². The maximum atomic E-state index is 13.9. The highest BCUT2D eigenvalue weighted by atomic mass is 16.5. The Hall–Kier alpha value is -3.28. The molecule has 1 fully saturated rings. The Bertz CT molecular complexity index is 1130. The van der Waals surface area contributed by atoms with Gasteiger partial charge in [-0.25, -0.2) is 4.90 Å². The largest absolute Gasteiger partial charge is 0.497 e. The highest BCUT2D eigenvalue weighted by Crippen LogP contribution is 2.41. The van der Waals surface area contributed by atoms with Crippen molar-refractivity contribution in [2.75, 3.05) is 32.2 Å². The van der Waals surface area contributed by atoms with Crippen LogP contribution in [0.25, 0.3) is 5.57 Å². The van der Waals surface area contributed by atoms with Gasteiger partial charge in [0.15, 0.2) is 0 Å². The number of carbonyl (C=O) groups excluding carboxylic acids is 2. The Morgan fingerprint density at radius 3 is 2.15 bits per heavy atom. The molecule has 2 atom stereocenters. The van der Waals surface area contributed by atoms with Gasteiger partial charge in [-0.2, -0.15) is 0 Å². The topological polar surface area (TPSA) is 59.1 Å². The molecule has 2 aliphatic rings. The van der Waals surface area contributed by atoms with Crippen LogP contribution in [0.3, 0.4) is 0 Å². The summed E-state index contributed by atoms with van der Waals surface area (Å²) in [6.45, 7) is 9.96. The van der Waals surface area contributed by atoms with Crippen LogP contribution in [-0.4, -0.2) is 44.0 Å². The number of hydrogen-bond donors (Lipinski definition) is 0. The Morgan fingerprint density at radius 1 is 0.848 bits per heavy atom. The first-order chi connectivity index (χ1) is 15.7. The van der Waals surface area contributed by atoms with Gasteiger partial charge in [-0.1, -0.05) is 32.0 Å². The Labute approximate surface area is 195 Å². The number of anilines is 1. The third-order valence-corrected chi connectivity index (χ3v) is 6.67. The minimum Gasteiger partial charge on any atom is -0.497 e. The molecule has 0 radical (unpaired) electrons.